The lowest BCUT2D eigenvalue weighted by atomic mass is 9.91. The van der Waals surface area contributed by atoms with Gasteiger partial charge < -0.3 is 9.80 Å². The normalized spacial score (nSPS) is 28.1. The Morgan fingerprint density at radius 3 is 2.46 bits per heavy atom. The standard InChI is InChI=1S/C27H34N4O5S/c1-18(2)12-21(13-25(33)29-15-19-6-3-4-7-20(19)16-29)27(34)30-11-9-23-26(30)24(32)17-31(23)37(35,36)22-8-5-10-28-14-22/h3-8,10,14,18-21,23,26H,9,11-13,15-17H2,1-2H3. The Bertz CT molecular complexity index is 1210. The lowest BCUT2D eigenvalue weighted by molar-refractivity contribution is -0.144. The van der Waals surface area contributed by atoms with Crippen LogP contribution in [0.3, 0.4) is 0 Å². The summed E-state index contributed by atoms with van der Waals surface area (Å²) >= 11 is 0. The van der Waals surface area contributed by atoms with Crippen LogP contribution in [0.1, 0.15) is 33.1 Å². The molecule has 10 heteroatoms. The van der Waals surface area contributed by atoms with E-state index in [-0.39, 0.29) is 41.4 Å². The van der Waals surface area contributed by atoms with Gasteiger partial charge in [0.1, 0.15) is 10.9 Å². The lowest BCUT2D eigenvalue weighted by Gasteiger charge is -2.29. The Morgan fingerprint density at radius 2 is 1.84 bits per heavy atom. The minimum Gasteiger partial charge on any atom is -0.341 e. The van der Waals surface area contributed by atoms with E-state index < -0.39 is 28.0 Å². The van der Waals surface area contributed by atoms with Gasteiger partial charge in [0.2, 0.25) is 21.8 Å². The van der Waals surface area contributed by atoms with Gasteiger partial charge in [0.05, 0.1) is 12.6 Å². The van der Waals surface area contributed by atoms with Crippen molar-refractivity contribution in [2.75, 3.05) is 26.2 Å². The molecule has 4 heterocycles. The molecule has 37 heavy (non-hydrogen) atoms. The van der Waals surface area contributed by atoms with Crippen LogP contribution in [-0.2, 0) is 24.4 Å². The number of likely N-dealkylation sites (tertiary alicyclic amines) is 2. The first-order valence-corrected chi connectivity index (χ1v) is 14.5. The number of sulfonamides is 1. The van der Waals surface area contributed by atoms with Gasteiger partial charge in [-0.2, -0.15) is 4.31 Å². The van der Waals surface area contributed by atoms with Gasteiger partial charge >= 0.3 is 0 Å². The zero-order valence-electron chi connectivity index (χ0n) is 21.3. The fraction of sp³-hybridized carbons (Fsp3) is 0.556. The minimum atomic E-state index is -3.91. The van der Waals surface area contributed by atoms with Crippen molar-refractivity contribution >= 4 is 27.6 Å². The summed E-state index contributed by atoms with van der Waals surface area (Å²) in [6.07, 6.45) is 12.1. The second kappa shape index (κ2) is 10.1. The van der Waals surface area contributed by atoms with Crippen LogP contribution in [0.15, 0.2) is 53.7 Å². The number of rotatable bonds is 7. The predicted octanol–water partition coefficient (Wildman–Crippen LogP) is 1.88. The van der Waals surface area contributed by atoms with E-state index in [4.69, 9.17) is 0 Å². The molecule has 4 aliphatic rings. The van der Waals surface area contributed by atoms with E-state index in [0.717, 1.165) is 0 Å². The van der Waals surface area contributed by atoms with Crippen LogP contribution in [0.4, 0.5) is 0 Å². The van der Waals surface area contributed by atoms with Gasteiger partial charge in [0.15, 0.2) is 5.78 Å². The minimum absolute atomic E-state index is 0.0346. The number of hydrogen-bond donors (Lipinski definition) is 0. The fourth-order valence-corrected chi connectivity index (χ4v) is 7.86. The van der Waals surface area contributed by atoms with Crippen LogP contribution in [0.5, 0.6) is 0 Å². The number of carbonyl (C=O) groups excluding carboxylic acids is 3. The van der Waals surface area contributed by atoms with Crippen molar-refractivity contribution in [1.82, 2.24) is 19.1 Å². The maximum absolute atomic E-state index is 13.8. The third kappa shape index (κ3) is 4.88. The van der Waals surface area contributed by atoms with Crippen LogP contribution in [0, 0.1) is 23.7 Å². The first-order chi connectivity index (χ1) is 17.7. The number of carbonyl (C=O) groups is 3. The van der Waals surface area contributed by atoms with Crippen molar-refractivity contribution in [3.05, 3.63) is 48.8 Å². The molecular formula is C27H34N4O5S. The van der Waals surface area contributed by atoms with Gasteiger partial charge in [-0.25, -0.2) is 8.42 Å². The zero-order valence-corrected chi connectivity index (χ0v) is 22.1. The molecule has 3 aliphatic heterocycles. The van der Waals surface area contributed by atoms with Crippen molar-refractivity contribution in [3.63, 3.8) is 0 Å². The maximum atomic E-state index is 13.8. The Hall–Kier alpha value is -2.85. The number of allylic oxidation sites excluding steroid dienone is 2. The number of fused-ring (bicyclic) bond motifs is 2. The van der Waals surface area contributed by atoms with Crippen LogP contribution >= 0.6 is 0 Å². The lowest BCUT2D eigenvalue weighted by Crippen LogP contribution is -2.47. The van der Waals surface area contributed by atoms with Crippen molar-refractivity contribution in [3.8, 4) is 0 Å². The molecule has 0 saturated carbocycles. The molecule has 5 unspecified atom stereocenters. The van der Waals surface area contributed by atoms with Crippen LogP contribution in [-0.4, -0.2) is 83.4 Å². The van der Waals surface area contributed by atoms with Gasteiger partial charge in [-0.05, 0) is 30.9 Å². The number of hydrogen-bond acceptors (Lipinski definition) is 6. The van der Waals surface area contributed by atoms with Crippen molar-refractivity contribution in [2.24, 2.45) is 23.7 Å². The molecule has 0 bridgehead atoms. The zero-order chi connectivity index (χ0) is 26.3. The summed E-state index contributed by atoms with van der Waals surface area (Å²) in [5.74, 6) is -0.261. The third-order valence-corrected chi connectivity index (χ3v) is 9.88. The Labute approximate surface area is 218 Å². The van der Waals surface area contributed by atoms with Gasteiger partial charge in [0, 0.05) is 56.2 Å². The number of ketones is 1. The third-order valence-electron chi connectivity index (χ3n) is 8.02. The molecule has 3 fully saturated rings. The Kier molecular flexibility index (Phi) is 7.06. The van der Waals surface area contributed by atoms with Crippen molar-refractivity contribution < 1.29 is 22.8 Å². The largest absolute Gasteiger partial charge is 0.341 e. The van der Waals surface area contributed by atoms with E-state index in [1.807, 2.05) is 30.9 Å². The molecule has 1 aromatic heterocycles. The number of pyridine rings is 1. The maximum Gasteiger partial charge on any atom is 0.245 e. The van der Waals surface area contributed by atoms with E-state index in [0.29, 0.717) is 44.3 Å². The number of nitrogens with zero attached hydrogens (tertiary/aromatic N) is 4. The summed E-state index contributed by atoms with van der Waals surface area (Å²) < 4.78 is 27.7. The first-order valence-electron chi connectivity index (χ1n) is 13.0. The number of Topliss-reactive ketones (excluding diaryl/α,β-unsaturated/α-hetero) is 1. The summed E-state index contributed by atoms with van der Waals surface area (Å²) in [5, 5.41) is 0. The molecule has 0 spiro atoms. The van der Waals surface area contributed by atoms with Crippen molar-refractivity contribution in [2.45, 2.75) is 50.1 Å². The monoisotopic (exact) mass is 526 g/mol. The van der Waals surface area contributed by atoms with Crippen molar-refractivity contribution in [1.29, 1.82) is 0 Å². The highest BCUT2D eigenvalue weighted by molar-refractivity contribution is 7.89. The van der Waals surface area contributed by atoms with E-state index in [1.54, 1.807) is 11.0 Å². The van der Waals surface area contributed by atoms with Crippen LogP contribution in [0.2, 0.25) is 0 Å². The molecule has 9 nitrogen and oxygen atoms in total. The van der Waals surface area contributed by atoms with E-state index >= 15 is 0 Å². The van der Waals surface area contributed by atoms with Gasteiger partial charge in [-0.1, -0.05) is 38.2 Å². The Morgan fingerprint density at radius 1 is 1.14 bits per heavy atom. The van der Waals surface area contributed by atoms with E-state index in [2.05, 4.69) is 17.1 Å². The molecule has 0 aromatic carbocycles. The molecule has 2 amide bonds. The second-order valence-electron chi connectivity index (χ2n) is 11.0. The topological polar surface area (TPSA) is 108 Å². The van der Waals surface area contributed by atoms with Gasteiger partial charge in [-0.3, -0.25) is 19.4 Å². The Balaban J connectivity index is 1.31. The average molecular weight is 527 g/mol. The highest BCUT2D eigenvalue weighted by Gasteiger charge is 2.54. The van der Waals surface area contributed by atoms with E-state index in [1.165, 1.54) is 22.8 Å². The first kappa shape index (κ1) is 25.8. The molecule has 5 rings (SSSR count). The molecule has 1 aromatic rings. The molecule has 3 saturated heterocycles. The smallest absolute Gasteiger partial charge is 0.245 e. The molecule has 0 N–H and O–H groups in total. The van der Waals surface area contributed by atoms with E-state index in [9.17, 15) is 22.8 Å². The highest BCUT2D eigenvalue weighted by atomic mass is 32.2. The quantitative estimate of drug-likeness (QED) is 0.537. The predicted molar refractivity (Wildman–Crippen MR) is 136 cm³/mol. The summed E-state index contributed by atoms with van der Waals surface area (Å²) in [5.41, 5.74) is 0. The summed E-state index contributed by atoms with van der Waals surface area (Å²) in [7, 11) is -3.91. The fourth-order valence-electron chi connectivity index (χ4n) is 6.27. The van der Waals surface area contributed by atoms with Gasteiger partial charge in [-0.15, -0.1) is 0 Å². The second-order valence-corrected chi connectivity index (χ2v) is 12.9. The summed E-state index contributed by atoms with van der Waals surface area (Å²) in [6.45, 7) is 5.37. The molecule has 5 atom stereocenters. The summed E-state index contributed by atoms with van der Waals surface area (Å²) in [4.78, 5) is 47.5. The molecule has 1 aliphatic carbocycles. The van der Waals surface area contributed by atoms with Crippen LogP contribution < -0.4 is 0 Å². The van der Waals surface area contributed by atoms with Gasteiger partial charge in [0.25, 0.3) is 0 Å². The average Bonchev–Trinajstić information content (AvgIpc) is 3.58. The molecular weight excluding hydrogens is 492 g/mol. The summed E-state index contributed by atoms with van der Waals surface area (Å²) in [6, 6.07) is 1.59. The van der Waals surface area contributed by atoms with Crippen LogP contribution in [0.25, 0.3) is 0 Å². The molecule has 198 valence electrons. The highest BCUT2D eigenvalue weighted by Crippen LogP contribution is 2.36. The number of aromatic nitrogens is 1. The number of amides is 2. The molecule has 0 radical (unpaired) electrons. The SMILES string of the molecule is CC(C)CC(CC(=O)N1CC2C=CC=CC2C1)C(=O)N1CCC2C1C(=O)CN2S(=O)(=O)c1cccnc1.